The lowest BCUT2D eigenvalue weighted by Gasteiger charge is -2.28. The standard InChI is InChI=1S/C54H35FN2S/c55-46-21-13-25-50-54(46)44-18-6-10-24-49(44)57(50)48-23-9-5-17-42(48)37-28-32-39(33-29-37)56(47-22-8-4-16-41(47)36-14-2-1-3-15-36)40-34-30-38(31-35-40)43-20-12-27-52-53(43)45-19-7-11-26-51(45)58-52/h1-35H. The molecule has 0 saturated heterocycles. The third kappa shape index (κ3) is 5.61. The molecule has 2 heterocycles. The van der Waals surface area contributed by atoms with E-state index in [1.165, 1.54) is 31.3 Å². The Morgan fingerprint density at radius 2 is 0.931 bits per heavy atom. The van der Waals surface area contributed by atoms with E-state index in [1.807, 2.05) is 35.6 Å². The van der Waals surface area contributed by atoms with Crippen molar-refractivity contribution in [2.24, 2.45) is 0 Å². The maximum atomic E-state index is 15.4. The summed E-state index contributed by atoms with van der Waals surface area (Å²) < 4.78 is 20.2. The number of anilines is 3. The van der Waals surface area contributed by atoms with Crippen LogP contribution in [-0.4, -0.2) is 4.57 Å². The summed E-state index contributed by atoms with van der Waals surface area (Å²) in [5.74, 6) is -0.213. The summed E-state index contributed by atoms with van der Waals surface area (Å²) in [7, 11) is 0. The molecule has 0 unspecified atom stereocenters. The Bertz CT molecular complexity index is 3290. The quantitative estimate of drug-likeness (QED) is 0.157. The summed E-state index contributed by atoms with van der Waals surface area (Å²) in [5.41, 5.74) is 12.9. The summed E-state index contributed by atoms with van der Waals surface area (Å²) in [6.45, 7) is 0. The van der Waals surface area contributed by atoms with Gasteiger partial charge in [-0.3, -0.25) is 0 Å². The van der Waals surface area contributed by atoms with Crippen molar-refractivity contribution in [1.29, 1.82) is 0 Å². The van der Waals surface area contributed by atoms with E-state index < -0.39 is 0 Å². The summed E-state index contributed by atoms with van der Waals surface area (Å²) >= 11 is 1.85. The van der Waals surface area contributed by atoms with E-state index in [9.17, 15) is 0 Å². The molecule has 0 fully saturated rings. The fourth-order valence-electron chi connectivity index (χ4n) is 8.70. The number of benzene rings is 9. The van der Waals surface area contributed by atoms with Gasteiger partial charge in [-0.25, -0.2) is 4.39 Å². The third-order valence-electron chi connectivity index (χ3n) is 11.3. The molecule has 0 N–H and O–H groups in total. The van der Waals surface area contributed by atoms with Crippen LogP contribution < -0.4 is 4.90 Å². The van der Waals surface area contributed by atoms with Gasteiger partial charge in [0.05, 0.1) is 22.4 Å². The maximum absolute atomic E-state index is 15.4. The molecule has 0 amide bonds. The number of aromatic nitrogens is 1. The first kappa shape index (κ1) is 34.0. The fourth-order valence-corrected chi connectivity index (χ4v) is 9.83. The topological polar surface area (TPSA) is 8.17 Å². The zero-order valence-electron chi connectivity index (χ0n) is 31.4. The number of nitrogens with zero attached hydrogens (tertiary/aromatic N) is 2. The molecule has 0 saturated carbocycles. The van der Waals surface area contributed by atoms with Crippen LogP contribution in [0.25, 0.3) is 81.0 Å². The minimum atomic E-state index is -0.213. The average molecular weight is 763 g/mol. The minimum Gasteiger partial charge on any atom is -0.310 e. The molecule has 9 aromatic carbocycles. The molecule has 0 aliphatic carbocycles. The molecule has 4 heteroatoms. The molecule has 11 aromatic rings. The molecule has 274 valence electrons. The van der Waals surface area contributed by atoms with E-state index in [1.54, 1.807) is 12.1 Å². The summed E-state index contributed by atoms with van der Waals surface area (Å²) in [4.78, 5) is 2.36. The second-order valence-corrected chi connectivity index (χ2v) is 15.7. The van der Waals surface area contributed by atoms with E-state index in [-0.39, 0.29) is 5.82 Å². The van der Waals surface area contributed by atoms with Gasteiger partial charge < -0.3 is 9.47 Å². The normalized spacial score (nSPS) is 11.5. The molecule has 11 rings (SSSR count). The van der Waals surface area contributed by atoms with Gasteiger partial charge in [0.25, 0.3) is 0 Å². The molecular weight excluding hydrogens is 728 g/mol. The monoisotopic (exact) mass is 762 g/mol. The van der Waals surface area contributed by atoms with Gasteiger partial charge >= 0.3 is 0 Å². The van der Waals surface area contributed by atoms with Crippen LogP contribution >= 0.6 is 11.3 Å². The highest BCUT2D eigenvalue weighted by Gasteiger charge is 2.20. The van der Waals surface area contributed by atoms with Crippen molar-refractivity contribution in [2.75, 3.05) is 4.90 Å². The zero-order valence-corrected chi connectivity index (χ0v) is 32.2. The average Bonchev–Trinajstić information content (AvgIpc) is 3.84. The number of para-hydroxylation sites is 3. The highest BCUT2D eigenvalue weighted by atomic mass is 32.1. The summed E-state index contributed by atoms with van der Waals surface area (Å²) in [6, 6.07) is 74.3. The molecular formula is C54H35FN2S. The molecule has 0 radical (unpaired) electrons. The lowest BCUT2D eigenvalue weighted by atomic mass is 9.98. The fraction of sp³-hybridized carbons (Fsp3) is 0. The Labute approximate surface area is 339 Å². The van der Waals surface area contributed by atoms with E-state index >= 15 is 4.39 Å². The highest BCUT2D eigenvalue weighted by Crippen LogP contribution is 2.44. The SMILES string of the molecule is Fc1cccc2c1c1ccccc1n2-c1ccccc1-c1ccc(N(c2ccc(-c3cccc4sc5ccccc5c34)cc2)c2ccccc2-c2ccccc2)cc1. The van der Waals surface area contributed by atoms with Crippen LogP contribution in [0.15, 0.2) is 212 Å². The van der Waals surface area contributed by atoms with Crippen molar-refractivity contribution >= 4 is 70.4 Å². The van der Waals surface area contributed by atoms with E-state index in [0.717, 1.165) is 61.4 Å². The molecule has 0 aliphatic rings. The Hall–Kier alpha value is -7.27. The summed E-state index contributed by atoms with van der Waals surface area (Å²) in [6.07, 6.45) is 0. The largest absolute Gasteiger partial charge is 0.310 e. The van der Waals surface area contributed by atoms with Crippen LogP contribution in [0.3, 0.4) is 0 Å². The third-order valence-corrected chi connectivity index (χ3v) is 12.4. The molecule has 0 bridgehead atoms. The zero-order chi connectivity index (χ0) is 38.6. The van der Waals surface area contributed by atoms with Crippen molar-refractivity contribution in [1.82, 2.24) is 4.57 Å². The van der Waals surface area contributed by atoms with Crippen LogP contribution in [0.5, 0.6) is 0 Å². The number of hydrogen-bond donors (Lipinski definition) is 0. The van der Waals surface area contributed by atoms with Crippen molar-refractivity contribution in [3.63, 3.8) is 0 Å². The van der Waals surface area contributed by atoms with Gasteiger partial charge in [0.1, 0.15) is 5.82 Å². The first-order valence-corrected chi connectivity index (χ1v) is 20.4. The van der Waals surface area contributed by atoms with Crippen LogP contribution in [-0.2, 0) is 0 Å². The first-order chi connectivity index (χ1) is 28.7. The number of thiophene rings is 1. The molecule has 2 aromatic heterocycles. The molecule has 58 heavy (non-hydrogen) atoms. The van der Waals surface area contributed by atoms with Crippen LogP contribution in [0.1, 0.15) is 0 Å². The highest BCUT2D eigenvalue weighted by molar-refractivity contribution is 7.25. The smallest absolute Gasteiger partial charge is 0.133 e. The molecule has 0 atom stereocenters. The van der Waals surface area contributed by atoms with Crippen LogP contribution in [0.4, 0.5) is 21.5 Å². The van der Waals surface area contributed by atoms with Gasteiger partial charge in [-0.05, 0) is 89.0 Å². The van der Waals surface area contributed by atoms with Gasteiger partial charge in [0.2, 0.25) is 0 Å². The van der Waals surface area contributed by atoms with E-state index in [0.29, 0.717) is 5.39 Å². The van der Waals surface area contributed by atoms with Gasteiger partial charge in [-0.15, -0.1) is 11.3 Å². The van der Waals surface area contributed by atoms with Crippen molar-refractivity contribution in [2.45, 2.75) is 0 Å². The Kier molecular flexibility index (Phi) is 8.23. The number of rotatable bonds is 7. The van der Waals surface area contributed by atoms with E-state index in [4.69, 9.17) is 0 Å². The summed E-state index contributed by atoms with van der Waals surface area (Å²) in [5, 5.41) is 4.15. The van der Waals surface area contributed by atoms with Crippen molar-refractivity contribution in [3.8, 4) is 39.1 Å². The number of halogens is 1. The van der Waals surface area contributed by atoms with E-state index in [2.05, 4.69) is 185 Å². The van der Waals surface area contributed by atoms with Crippen molar-refractivity contribution < 1.29 is 4.39 Å². The second-order valence-electron chi connectivity index (χ2n) is 14.6. The Balaban J connectivity index is 1.04. The van der Waals surface area contributed by atoms with Crippen LogP contribution in [0, 0.1) is 5.82 Å². The molecule has 2 nitrogen and oxygen atoms in total. The maximum Gasteiger partial charge on any atom is 0.133 e. The Morgan fingerprint density at radius 3 is 1.72 bits per heavy atom. The Morgan fingerprint density at radius 1 is 0.379 bits per heavy atom. The van der Waals surface area contributed by atoms with Gasteiger partial charge in [-0.2, -0.15) is 0 Å². The second kappa shape index (κ2) is 14.0. The first-order valence-electron chi connectivity index (χ1n) is 19.5. The lowest BCUT2D eigenvalue weighted by molar-refractivity contribution is 0.640. The number of hydrogen-bond acceptors (Lipinski definition) is 2. The number of fused-ring (bicyclic) bond motifs is 6. The van der Waals surface area contributed by atoms with Gasteiger partial charge in [0, 0.05) is 53.4 Å². The minimum absolute atomic E-state index is 0.213. The van der Waals surface area contributed by atoms with Gasteiger partial charge in [-0.1, -0.05) is 146 Å². The van der Waals surface area contributed by atoms with Crippen LogP contribution in [0.2, 0.25) is 0 Å². The predicted octanol–water partition coefficient (Wildman–Crippen LogP) is 15.8. The predicted molar refractivity (Wildman–Crippen MR) is 245 cm³/mol. The molecule has 0 spiro atoms. The van der Waals surface area contributed by atoms with Crippen molar-refractivity contribution in [3.05, 3.63) is 218 Å². The lowest BCUT2D eigenvalue weighted by Crippen LogP contribution is -2.11. The van der Waals surface area contributed by atoms with Gasteiger partial charge in [0.15, 0.2) is 0 Å². The molecule has 0 aliphatic heterocycles.